The van der Waals surface area contributed by atoms with Crippen molar-refractivity contribution in [2.24, 2.45) is 12.8 Å². The number of carboxylic acids is 1. The van der Waals surface area contributed by atoms with E-state index in [2.05, 4.69) is 0 Å². The van der Waals surface area contributed by atoms with E-state index in [1.807, 2.05) is 4.90 Å². The number of carbonyl (C=O) groups is 2. The van der Waals surface area contributed by atoms with Crippen LogP contribution in [0.15, 0.2) is 54.7 Å². The van der Waals surface area contributed by atoms with Gasteiger partial charge < -0.3 is 20.3 Å². The maximum Gasteiger partial charge on any atom is 0.337 e. The number of hydrogen-bond donors (Lipinski definition) is 2. The first kappa shape index (κ1) is 24.8. The number of fused-ring (bicyclic) bond motifs is 3. The molecular weight excluding hydrogens is 502 g/mol. The number of carboxylic acid groups (broad SMARTS) is 1. The summed E-state index contributed by atoms with van der Waals surface area (Å²) in [6.45, 7) is 0. The SMILES string of the molecule is Cn1cc(C(=O)O)c2cc(-c3ccc(C(=O)N4[C@@H]5CC[C@H]4[C@@H](N)C5)cc3-c3ccc(C#N)c(F)c3)c(F)cc21. The Labute approximate surface area is 222 Å². The molecule has 4 aromatic rings. The van der Waals surface area contributed by atoms with E-state index in [-0.39, 0.29) is 40.7 Å². The molecule has 0 saturated carbocycles. The van der Waals surface area contributed by atoms with Crippen LogP contribution >= 0.6 is 0 Å². The first-order valence-electron chi connectivity index (χ1n) is 12.6. The molecule has 3 aromatic carbocycles. The third-order valence-electron chi connectivity index (χ3n) is 8.09. The summed E-state index contributed by atoms with van der Waals surface area (Å²) in [6.07, 6.45) is 3.90. The molecular formula is C30H24F2N4O3. The van der Waals surface area contributed by atoms with Crippen LogP contribution < -0.4 is 5.73 Å². The summed E-state index contributed by atoms with van der Waals surface area (Å²) in [4.78, 5) is 27.3. The van der Waals surface area contributed by atoms with Crippen LogP contribution in [-0.4, -0.2) is 44.6 Å². The van der Waals surface area contributed by atoms with Gasteiger partial charge in [0, 0.05) is 47.9 Å². The fourth-order valence-corrected chi connectivity index (χ4v) is 6.20. The minimum absolute atomic E-state index is 0.0207. The molecule has 0 spiro atoms. The Hall–Kier alpha value is -4.55. The second kappa shape index (κ2) is 9.03. The lowest BCUT2D eigenvalue weighted by Crippen LogP contribution is -2.40. The molecule has 3 atom stereocenters. The van der Waals surface area contributed by atoms with E-state index in [0.29, 0.717) is 33.2 Å². The Morgan fingerprint density at radius 2 is 1.82 bits per heavy atom. The summed E-state index contributed by atoms with van der Waals surface area (Å²) >= 11 is 0. The molecule has 9 heteroatoms. The molecule has 39 heavy (non-hydrogen) atoms. The number of aryl methyl sites for hydroxylation is 1. The number of nitrogens with zero attached hydrogens (tertiary/aromatic N) is 3. The topological polar surface area (TPSA) is 112 Å². The highest BCUT2D eigenvalue weighted by molar-refractivity contribution is 6.05. The Morgan fingerprint density at radius 1 is 1.03 bits per heavy atom. The second-order valence-corrected chi connectivity index (χ2v) is 10.3. The van der Waals surface area contributed by atoms with Crippen molar-refractivity contribution in [3.05, 3.63) is 83.1 Å². The molecule has 1 aromatic heterocycles. The fourth-order valence-electron chi connectivity index (χ4n) is 6.20. The highest BCUT2D eigenvalue weighted by Gasteiger charge is 2.47. The highest BCUT2D eigenvalue weighted by Crippen LogP contribution is 2.41. The predicted octanol–water partition coefficient (Wildman–Crippen LogP) is 5.06. The molecule has 3 N–H and O–H groups in total. The normalized spacial score (nSPS) is 20.0. The van der Waals surface area contributed by atoms with Crippen LogP contribution in [0.5, 0.6) is 0 Å². The largest absolute Gasteiger partial charge is 0.478 e. The molecule has 0 unspecified atom stereocenters. The van der Waals surface area contributed by atoms with E-state index in [9.17, 15) is 24.3 Å². The molecule has 7 nitrogen and oxygen atoms in total. The third-order valence-corrected chi connectivity index (χ3v) is 8.09. The smallest absolute Gasteiger partial charge is 0.337 e. The van der Waals surface area contributed by atoms with Crippen molar-refractivity contribution in [1.82, 2.24) is 9.47 Å². The van der Waals surface area contributed by atoms with Gasteiger partial charge in [0.1, 0.15) is 17.7 Å². The molecule has 6 rings (SSSR count). The van der Waals surface area contributed by atoms with Crippen molar-refractivity contribution in [1.29, 1.82) is 5.26 Å². The van der Waals surface area contributed by atoms with Crippen LogP contribution in [0.4, 0.5) is 8.78 Å². The van der Waals surface area contributed by atoms with Crippen molar-refractivity contribution >= 4 is 22.8 Å². The molecule has 2 aliphatic heterocycles. The van der Waals surface area contributed by atoms with Crippen LogP contribution in [0.25, 0.3) is 33.2 Å². The predicted molar refractivity (Wildman–Crippen MR) is 141 cm³/mol. The van der Waals surface area contributed by atoms with E-state index in [1.54, 1.807) is 41.9 Å². The van der Waals surface area contributed by atoms with Gasteiger partial charge in [-0.2, -0.15) is 5.26 Å². The molecule has 196 valence electrons. The minimum Gasteiger partial charge on any atom is -0.478 e. The second-order valence-electron chi connectivity index (χ2n) is 10.3. The molecule has 0 aliphatic carbocycles. The number of rotatable bonds is 4. The van der Waals surface area contributed by atoms with Crippen molar-refractivity contribution in [3.8, 4) is 28.3 Å². The molecule has 3 heterocycles. The zero-order valence-electron chi connectivity index (χ0n) is 21.0. The molecule has 2 aliphatic rings. The summed E-state index contributed by atoms with van der Waals surface area (Å²) in [5, 5.41) is 19.2. The maximum absolute atomic E-state index is 15.6. The first-order valence-corrected chi connectivity index (χ1v) is 12.6. The number of hydrogen-bond acceptors (Lipinski definition) is 4. The highest BCUT2D eigenvalue weighted by atomic mass is 19.1. The lowest BCUT2D eigenvalue weighted by Gasteiger charge is -2.24. The number of aromatic nitrogens is 1. The van der Waals surface area contributed by atoms with Gasteiger partial charge in [-0.05, 0) is 72.4 Å². The Balaban J connectivity index is 1.54. The summed E-state index contributed by atoms with van der Waals surface area (Å²) in [5.41, 5.74) is 8.09. The summed E-state index contributed by atoms with van der Waals surface area (Å²) in [7, 11) is 1.64. The Morgan fingerprint density at radius 3 is 2.46 bits per heavy atom. The standard InChI is InChI=1S/C30H24F2N4O3/c1-35-14-23(30(38)39)22-11-21(25(32)12-28(22)35)19-6-4-16(29(37)36-18-5-7-27(36)26(34)10-18)8-20(19)15-2-3-17(13-33)24(31)9-15/h2-4,6,8-9,11-12,14,18,26-27H,5,7,10,34H2,1H3,(H,38,39)/t18-,26+,27+/m1/s1. The molecule has 2 bridgehead atoms. The Kier molecular flexibility index (Phi) is 5.74. The minimum atomic E-state index is -1.15. The quantitative estimate of drug-likeness (QED) is 0.386. The van der Waals surface area contributed by atoms with Gasteiger partial charge in [0.2, 0.25) is 0 Å². The lowest BCUT2D eigenvalue weighted by molar-refractivity contribution is 0.0696. The summed E-state index contributed by atoms with van der Waals surface area (Å²) < 4.78 is 31.8. The van der Waals surface area contributed by atoms with Crippen molar-refractivity contribution < 1.29 is 23.5 Å². The van der Waals surface area contributed by atoms with Gasteiger partial charge in [-0.15, -0.1) is 0 Å². The zero-order chi connectivity index (χ0) is 27.6. The molecule has 0 radical (unpaired) electrons. The van der Waals surface area contributed by atoms with E-state index in [0.717, 1.165) is 19.3 Å². The number of amides is 1. The third kappa shape index (κ3) is 3.87. The van der Waals surface area contributed by atoms with E-state index in [4.69, 9.17) is 5.73 Å². The zero-order valence-corrected chi connectivity index (χ0v) is 21.0. The van der Waals surface area contributed by atoms with Gasteiger partial charge in [-0.3, -0.25) is 4.79 Å². The van der Waals surface area contributed by atoms with Gasteiger partial charge >= 0.3 is 5.97 Å². The van der Waals surface area contributed by atoms with Crippen molar-refractivity contribution in [3.63, 3.8) is 0 Å². The molecule has 2 saturated heterocycles. The van der Waals surface area contributed by atoms with Crippen LogP contribution in [0.1, 0.15) is 45.5 Å². The summed E-state index contributed by atoms with van der Waals surface area (Å²) in [5.74, 6) is -2.68. The van der Waals surface area contributed by atoms with E-state index >= 15 is 4.39 Å². The van der Waals surface area contributed by atoms with Gasteiger partial charge in [-0.1, -0.05) is 12.1 Å². The van der Waals surface area contributed by atoms with Gasteiger partial charge in [0.25, 0.3) is 5.91 Å². The summed E-state index contributed by atoms with van der Waals surface area (Å²) in [6, 6.07) is 13.4. The van der Waals surface area contributed by atoms with E-state index < -0.39 is 17.6 Å². The maximum atomic E-state index is 15.6. The fraction of sp³-hybridized carbons (Fsp3) is 0.233. The van der Waals surface area contributed by atoms with Crippen LogP contribution in [-0.2, 0) is 7.05 Å². The first-order chi connectivity index (χ1) is 18.7. The number of nitrogens with two attached hydrogens (primary N) is 1. The number of aromatic carboxylic acids is 1. The lowest BCUT2D eigenvalue weighted by atomic mass is 9.91. The average molecular weight is 527 g/mol. The molecule has 1 amide bonds. The van der Waals surface area contributed by atoms with Gasteiger partial charge in [0.05, 0.1) is 16.6 Å². The number of halogens is 2. The number of benzene rings is 3. The number of nitriles is 1. The number of carbonyl (C=O) groups excluding carboxylic acids is 1. The van der Waals surface area contributed by atoms with Crippen molar-refractivity contribution in [2.75, 3.05) is 0 Å². The monoisotopic (exact) mass is 526 g/mol. The van der Waals surface area contributed by atoms with Crippen LogP contribution in [0, 0.1) is 23.0 Å². The average Bonchev–Trinajstić information content (AvgIpc) is 3.57. The Bertz CT molecular complexity index is 1740. The van der Waals surface area contributed by atoms with E-state index in [1.165, 1.54) is 30.5 Å². The van der Waals surface area contributed by atoms with Gasteiger partial charge in [0.15, 0.2) is 0 Å². The van der Waals surface area contributed by atoms with Crippen molar-refractivity contribution in [2.45, 2.75) is 37.4 Å². The van der Waals surface area contributed by atoms with Crippen LogP contribution in [0.2, 0.25) is 0 Å². The molecule has 2 fully saturated rings. The van der Waals surface area contributed by atoms with Crippen LogP contribution in [0.3, 0.4) is 0 Å². The van der Waals surface area contributed by atoms with Gasteiger partial charge in [-0.25, -0.2) is 13.6 Å².